The predicted molar refractivity (Wildman–Crippen MR) is 133 cm³/mol. The number of thiophene rings is 1. The molecule has 4 aromatic heterocycles. The Hall–Kier alpha value is -3.63. The van der Waals surface area contributed by atoms with Gasteiger partial charge in [-0.15, -0.1) is 11.3 Å². The third kappa shape index (κ3) is 4.68. The molecule has 0 bridgehead atoms. The van der Waals surface area contributed by atoms with Gasteiger partial charge in [0.2, 0.25) is 5.88 Å². The lowest BCUT2D eigenvalue weighted by Crippen LogP contribution is -2.44. The molecule has 0 unspecified atom stereocenters. The van der Waals surface area contributed by atoms with Crippen LogP contribution < -0.4 is 20.3 Å². The van der Waals surface area contributed by atoms with Crippen molar-refractivity contribution in [2.45, 2.75) is 6.42 Å². The second-order valence-corrected chi connectivity index (χ2v) is 8.73. The van der Waals surface area contributed by atoms with Crippen molar-refractivity contribution in [1.29, 1.82) is 0 Å². The number of piperazine rings is 1. The van der Waals surface area contributed by atoms with Crippen molar-refractivity contribution < 1.29 is 9.53 Å². The van der Waals surface area contributed by atoms with E-state index in [-0.39, 0.29) is 5.91 Å². The van der Waals surface area contributed by atoms with Crippen molar-refractivity contribution in [1.82, 2.24) is 30.6 Å². The molecule has 1 aliphatic heterocycles. The van der Waals surface area contributed by atoms with Crippen molar-refractivity contribution in [3.63, 3.8) is 0 Å². The number of hydrogen-bond donors (Lipinski definition) is 2. The van der Waals surface area contributed by atoms with Gasteiger partial charge in [-0.2, -0.15) is 0 Å². The summed E-state index contributed by atoms with van der Waals surface area (Å²) in [5, 5.41) is 9.09. The van der Waals surface area contributed by atoms with E-state index in [2.05, 4.69) is 25.5 Å². The molecule has 4 aromatic rings. The van der Waals surface area contributed by atoms with Crippen LogP contribution in [0.1, 0.15) is 15.9 Å². The van der Waals surface area contributed by atoms with Crippen molar-refractivity contribution in [2.75, 3.05) is 44.7 Å². The number of methoxy groups -OCH3 is 1. The van der Waals surface area contributed by atoms with Gasteiger partial charge >= 0.3 is 0 Å². The van der Waals surface area contributed by atoms with Crippen LogP contribution in [0, 0.1) is 0 Å². The minimum absolute atomic E-state index is 0.127. The summed E-state index contributed by atoms with van der Waals surface area (Å²) in [6.45, 7) is 3.86. The van der Waals surface area contributed by atoms with E-state index >= 15 is 0 Å². The van der Waals surface area contributed by atoms with Gasteiger partial charge in [-0.05, 0) is 24.1 Å². The number of aromatic nitrogens is 4. The molecule has 10 heteroatoms. The molecule has 0 aliphatic carbocycles. The fraction of sp³-hybridized carbons (Fsp3) is 0.292. The highest BCUT2D eigenvalue weighted by atomic mass is 32.1. The van der Waals surface area contributed by atoms with E-state index < -0.39 is 0 Å². The normalized spacial score (nSPS) is 13.7. The van der Waals surface area contributed by atoms with Crippen LogP contribution >= 0.6 is 11.3 Å². The number of anilines is 1. The van der Waals surface area contributed by atoms with E-state index in [1.165, 1.54) is 11.3 Å². The first-order valence-corrected chi connectivity index (χ1v) is 12.0. The van der Waals surface area contributed by atoms with Crippen LogP contribution in [-0.2, 0) is 6.42 Å². The van der Waals surface area contributed by atoms with E-state index in [0.29, 0.717) is 35.9 Å². The first kappa shape index (κ1) is 22.2. The zero-order valence-corrected chi connectivity index (χ0v) is 19.6. The first-order valence-electron chi connectivity index (χ1n) is 11.2. The lowest BCUT2D eigenvalue weighted by atomic mass is 10.1. The van der Waals surface area contributed by atoms with E-state index in [9.17, 15) is 4.79 Å². The minimum atomic E-state index is -0.127. The van der Waals surface area contributed by atoms with E-state index in [1.807, 2.05) is 35.7 Å². The largest absolute Gasteiger partial charge is 0.481 e. The van der Waals surface area contributed by atoms with Gasteiger partial charge in [-0.25, -0.2) is 15.0 Å². The highest BCUT2D eigenvalue weighted by Gasteiger charge is 2.24. The maximum atomic E-state index is 13.2. The lowest BCUT2D eigenvalue weighted by molar-refractivity contribution is 0.0956. The van der Waals surface area contributed by atoms with Crippen LogP contribution in [0.5, 0.6) is 5.88 Å². The monoisotopic (exact) mass is 475 g/mol. The summed E-state index contributed by atoms with van der Waals surface area (Å²) in [5.74, 6) is 1.81. The summed E-state index contributed by atoms with van der Waals surface area (Å²) in [6, 6.07) is 9.46. The van der Waals surface area contributed by atoms with Gasteiger partial charge in [0.25, 0.3) is 5.91 Å². The number of carbonyl (C=O) groups excluding carboxylic acids is 1. The Morgan fingerprint density at radius 1 is 1.18 bits per heavy atom. The first-order chi connectivity index (χ1) is 16.7. The fourth-order valence-electron chi connectivity index (χ4n) is 3.90. The van der Waals surface area contributed by atoms with Gasteiger partial charge in [0.05, 0.1) is 18.1 Å². The average Bonchev–Trinajstić information content (AvgIpc) is 3.34. The van der Waals surface area contributed by atoms with Crippen LogP contribution in [0.2, 0.25) is 0 Å². The molecule has 0 saturated carbocycles. The molecule has 34 heavy (non-hydrogen) atoms. The molecule has 9 nitrogen and oxygen atoms in total. The number of nitrogens with one attached hydrogen (secondary N) is 2. The summed E-state index contributed by atoms with van der Waals surface area (Å²) in [5.41, 5.74) is 2.35. The Kier molecular flexibility index (Phi) is 6.59. The number of rotatable bonds is 7. The number of fused-ring (bicyclic) bond motifs is 1. The molecular weight excluding hydrogens is 450 g/mol. The summed E-state index contributed by atoms with van der Waals surface area (Å²) in [4.78, 5) is 34.4. The summed E-state index contributed by atoms with van der Waals surface area (Å²) in [7, 11) is 1.59. The molecule has 2 N–H and O–H groups in total. The van der Waals surface area contributed by atoms with Crippen molar-refractivity contribution in [2.24, 2.45) is 0 Å². The fourth-order valence-corrected chi connectivity index (χ4v) is 4.81. The number of pyridine rings is 2. The van der Waals surface area contributed by atoms with Crippen LogP contribution in [0.3, 0.4) is 0 Å². The van der Waals surface area contributed by atoms with Crippen molar-refractivity contribution >= 4 is 33.3 Å². The number of hydrogen-bond acceptors (Lipinski definition) is 9. The highest BCUT2D eigenvalue weighted by molar-refractivity contribution is 7.17. The van der Waals surface area contributed by atoms with Crippen LogP contribution in [0.15, 0.2) is 48.1 Å². The van der Waals surface area contributed by atoms with E-state index in [4.69, 9.17) is 14.7 Å². The van der Waals surface area contributed by atoms with E-state index in [0.717, 1.165) is 47.8 Å². The van der Waals surface area contributed by atoms with Crippen LogP contribution in [-0.4, -0.2) is 65.7 Å². The second kappa shape index (κ2) is 10.1. The Balaban J connectivity index is 1.42. The maximum absolute atomic E-state index is 13.2. The van der Waals surface area contributed by atoms with Crippen LogP contribution in [0.4, 0.5) is 5.82 Å². The number of ether oxygens (including phenoxy) is 1. The summed E-state index contributed by atoms with van der Waals surface area (Å²) in [6.07, 6.45) is 4.18. The zero-order valence-electron chi connectivity index (χ0n) is 18.8. The van der Waals surface area contributed by atoms with Gasteiger partial charge in [-0.1, -0.05) is 12.1 Å². The van der Waals surface area contributed by atoms with Crippen molar-refractivity contribution in [3.8, 4) is 17.4 Å². The Morgan fingerprint density at radius 3 is 2.79 bits per heavy atom. The van der Waals surface area contributed by atoms with Crippen LogP contribution in [0.25, 0.3) is 21.7 Å². The van der Waals surface area contributed by atoms with E-state index in [1.54, 1.807) is 19.5 Å². The lowest BCUT2D eigenvalue weighted by Gasteiger charge is -2.29. The molecule has 0 spiro atoms. The smallest absolute Gasteiger partial charge is 0.252 e. The molecule has 5 heterocycles. The minimum Gasteiger partial charge on any atom is -0.481 e. The van der Waals surface area contributed by atoms with Gasteiger partial charge < -0.3 is 20.3 Å². The van der Waals surface area contributed by atoms with Gasteiger partial charge in [-0.3, -0.25) is 9.78 Å². The molecular formula is C24H25N7O2S. The Bertz CT molecular complexity index is 1270. The standard InChI is InChI=1S/C24H25N7O2S/c1-33-19-6-5-16(14-28-19)7-9-27-23(32)17-15-34-24-20(17)22(31-12-10-25-11-13-31)29-21(30-24)18-4-2-3-8-26-18/h2-6,8,14-15,25H,7,9-13H2,1H3,(H,27,32). The average molecular weight is 476 g/mol. The molecule has 0 aromatic carbocycles. The molecule has 5 rings (SSSR count). The quantitative estimate of drug-likeness (QED) is 0.420. The molecule has 1 amide bonds. The number of carbonyl (C=O) groups is 1. The molecule has 0 radical (unpaired) electrons. The SMILES string of the molecule is COc1ccc(CCNC(=O)c2csc3nc(-c4ccccn4)nc(N4CCNCC4)c23)cn1. The van der Waals surface area contributed by atoms with Gasteiger partial charge in [0, 0.05) is 56.6 Å². The van der Waals surface area contributed by atoms with Gasteiger partial charge in [0.1, 0.15) is 16.3 Å². The predicted octanol–water partition coefficient (Wildman–Crippen LogP) is 2.54. The Morgan fingerprint density at radius 2 is 2.06 bits per heavy atom. The molecule has 1 aliphatic rings. The van der Waals surface area contributed by atoms with Gasteiger partial charge in [0.15, 0.2) is 5.82 Å². The maximum Gasteiger partial charge on any atom is 0.252 e. The molecule has 174 valence electrons. The topological polar surface area (TPSA) is 105 Å². The number of amides is 1. The van der Waals surface area contributed by atoms with Crippen molar-refractivity contribution in [3.05, 3.63) is 59.2 Å². The molecule has 1 fully saturated rings. The molecule has 1 saturated heterocycles. The number of nitrogens with zero attached hydrogens (tertiary/aromatic N) is 5. The second-order valence-electron chi connectivity index (χ2n) is 7.87. The third-order valence-corrected chi connectivity index (χ3v) is 6.55. The summed E-state index contributed by atoms with van der Waals surface area (Å²) >= 11 is 1.46. The highest BCUT2D eigenvalue weighted by Crippen LogP contribution is 2.34. The Labute approximate surface area is 201 Å². The molecule has 0 atom stereocenters. The zero-order chi connectivity index (χ0) is 23.3. The third-order valence-electron chi connectivity index (χ3n) is 5.68. The summed E-state index contributed by atoms with van der Waals surface area (Å²) < 4.78 is 5.10.